The van der Waals surface area contributed by atoms with Crippen molar-refractivity contribution in [1.82, 2.24) is 4.98 Å². The van der Waals surface area contributed by atoms with Crippen molar-refractivity contribution in [2.24, 2.45) is 4.40 Å². The zero-order valence-electron chi connectivity index (χ0n) is 19.8. The van der Waals surface area contributed by atoms with E-state index in [9.17, 15) is 4.21 Å². The maximum atomic E-state index is 12.5. The van der Waals surface area contributed by atoms with Gasteiger partial charge in [-0.1, -0.05) is 24.3 Å². The van der Waals surface area contributed by atoms with Gasteiger partial charge in [0.1, 0.15) is 28.3 Å². The Labute approximate surface area is 198 Å². The van der Waals surface area contributed by atoms with E-state index in [0.717, 1.165) is 34.0 Å². The average Bonchev–Trinajstić information content (AvgIpc) is 2.82. The van der Waals surface area contributed by atoms with Crippen molar-refractivity contribution in [2.75, 3.05) is 19.1 Å². The summed E-state index contributed by atoms with van der Waals surface area (Å²) in [5, 5.41) is 0. The highest BCUT2D eigenvalue weighted by atomic mass is 32.2. The van der Waals surface area contributed by atoms with Crippen LogP contribution in [-0.4, -0.2) is 34.4 Å². The summed E-state index contributed by atoms with van der Waals surface area (Å²) in [6.07, 6.45) is 3.43. The van der Waals surface area contributed by atoms with Crippen molar-refractivity contribution in [3.63, 3.8) is 0 Å². The molecule has 0 fully saturated rings. The summed E-state index contributed by atoms with van der Waals surface area (Å²) in [7, 11) is 1.97. The fourth-order valence-electron chi connectivity index (χ4n) is 3.15. The Kier molecular flexibility index (Phi) is 8.22. The zero-order valence-corrected chi connectivity index (χ0v) is 20.6. The topological polar surface area (TPSA) is 64.0 Å². The fraction of sp³-hybridized carbons (Fsp3) is 0.308. The molecule has 0 saturated heterocycles. The molecular weight excluding hydrogens is 434 g/mol. The molecule has 0 bridgehead atoms. The number of benzene rings is 2. The normalized spacial score (nSPS) is 12.5. The van der Waals surface area contributed by atoms with Crippen LogP contribution in [0, 0.1) is 0 Å². The molecule has 174 valence electrons. The molecule has 7 heteroatoms. The molecule has 0 spiro atoms. The Hall–Kier alpha value is -3.19. The molecule has 0 radical (unpaired) electrons. The van der Waals surface area contributed by atoms with Gasteiger partial charge in [0.2, 0.25) is 0 Å². The molecule has 1 heterocycles. The van der Waals surface area contributed by atoms with Gasteiger partial charge in [0.15, 0.2) is 0 Å². The van der Waals surface area contributed by atoms with Gasteiger partial charge in [-0.15, -0.1) is 0 Å². The molecule has 33 heavy (non-hydrogen) atoms. The predicted molar refractivity (Wildman–Crippen MR) is 136 cm³/mol. The first-order chi connectivity index (χ1) is 15.8. The van der Waals surface area contributed by atoms with Crippen LogP contribution < -0.4 is 14.4 Å². The summed E-state index contributed by atoms with van der Waals surface area (Å²) >= 11 is 0. The lowest BCUT2D eigenvalue weighted by Gasteiger charge is -2.26. The fourth-order valence-corrected chi connectivity index (χ4v) is 3.67. The Bertz CT molecular complexity index is 1040. The number of aromatic nitrogens is 1. The summed E-state index contributed by atoms with van der Waals surface area (Å²) in [5.41, 5.74) is 3.06. The van der Waals surface area contributed by atoms with Crippen LogP contribution in [-0.2, 0) is 24.1 Å². The van der Waals surface area contributed by atoms with Gasteiger partial charge in [-0.3, -0.25) is 0 Å². The van der Waals surface area contributed by atoms with Crippen LogP contribution in [0.4, 0.5) is 5.82 Å². The molecule has 0 aliphatic carbocycles. The van der Waals surface area contributed by atoms with E-state index in [4.69, 9.17) is 9.47 Å². The smallest absolute Gasteiger partial charge is 0.144 e. The average molecular weight is 466 g/mol. The summed E-state index contributed by atoms with van der Waals surface area (Å²) < 4.78 is 27.0. The minimum absolute atomic E-state index is 0.426. The number of rotatable bonds is 9. The largest absolute Gasteiger partial charge is 0.497 e. The van der Waals surface area contributed by atoms with E-state index in [1.54, 1.807) is 26.6 Å². The molecule has 0 aliphatic heterocycles. The van der Waals surface area contributed by atoms with E-state index < -0.39 is 15.7 Å². The van der Waals surface area contributed by atoms with E-state index in [1.807, 2.05) is 81.4 Å². The Morgan fingerprint density at radius 2 is 1.42 bits per heavy atom. The number of methoxy groups -OCH3 is 2. The van der Waals surface area contributed by atoms with Crippen LogP contribution in [0.25, 0.3) is 0 Å². The van der Waals surface area contributed by atoms with Gasteiger partial charge in [0, 0.05) is 31.1 Å². The zero-order chi connectivity index (χ0) is 23.8. The summed E-state index contributed by atoms with van der Waals surface area (Å²) in [6.45, 7) is 6.99. The van der Waals surface area contributed by atoms with E-state index in [2.05, 4.69) is 14.3 Å². The van der Waals surface area contributed by atoms with Crippen LogP contribution in [0.2, 0.25) is 0 Å². The molecule has 0 unspecified atom stereocenters. The van der Waals surface area contributed by atoms with E-state index >= 15 is 0 Å². The molecule has 3 rings (SSSR count). The quantitative estimate of drug-likeness (QED) is 0.407. The maximum Gasteiger partial charge on any atom is 0.144 e. The lowest BCUT2D eigenvalue weighted by Crippen LogP contribution is -2.24. The van der Waals surface area contributed by atoms with Gasteiger partial charge < -0.3 is 14.4 Å². The molecule has 3 aromatic rings. The van der Waals surface area contributed by atoms with Gasteiger partial charge in [-0.25, -0.2) is 9.19 Å². The number of anilines is 1. The van der Waals surface area contributed by atoms with Crippen molar-refractivity contribution in [2.45, 2.75) is 38.6 Å². The molecule has 1 aromatic heterocycles. The summed E-state index contributed by atoms with van der Waals surface area (Å²) in [6, 6.07) is 19.8. The van der Waals surface area contributed by atoms with Crippen LogP contribution in [0.3, 0.4) is 0 Å². The number of ether oxygens (including phenoxy) is 2. The summed E-state index contributed by atoms with van der Waals surface area (Å²) in [4.78, 5) is 6.85. The lowest BCUT2D eigenvalue weighted by atomic mass is 10.1. The highest BCUT2D eigenvalue weighted by molar-refractivity contribution is 7.85. The first-order valence-electron chi connectivity index (χ1n) is 10.7. The Morgan fingerprint density at radius 1 is 0.909 bits per heavy atom. The second-order valence-corrected chi connectivity index (χ2v) is 10.5. The van der Waals surface area contributed by atoms with Gasteiger partial charge in [0.05, 0.1) is 19.0 Å². The van der Waals surface area contributed by atoms with Crippen molar-refractivity contribution < 1.29 is 13.7 Å². The maximum absolute atomic E-state index is 12.5. The molecule has 2 aromatic carbocycles. The molecular formula is C26H31N3O3S. The minimum atomic E-state index is -1.35. The second kappa shape index (κ2) is 11.1. The van der Waals surface area contributed by atoms with Crippen molar-refractivity contribution >= 4 is 23.0 Å². The highest BCUT2D eigenvalue weighted by Gasteiger charge is 2.19. The molecule has 0 aliphatic rings. The lowest BCUT2D eigenvalue weighted by molar-refractivity contribution is 0.414. The number of hydrogen-bond donors (Lipinski definition) is 0. The number of nitrogens with zero attached hydrogens (tertiary/aromatic N) is 3. The molecule has 1 atom stereocenters. The van der Waals surface area contributed by atoms with Crippen LogP contribution >= 0.6 is 0 Å². The molecule has 0 saturated carbocycles. The third-order valence-corrected chi connectivity index (χ3v) is 6.34. The van der Waals surface area contributed by atoms with Crippen LogP contribution in [0.15, 0.2) is 71.3 Å². The number of pyridine rings is 1. The van der Waals surface area contributed by atoms with E-state index in [1.165, 1.54) is 0 Å². The van der Waals surface area contributed by atoms with E-state index in [-0.39, 0.29) is 0 Å². The molecule has 6 nitrogen and oxygen atoms in total. The third kappa shape index (κ3) is 6.89. The van der Waals surface area contributed by atoms with Gasteiger partial charge in [0.25, 0.3) is 0 Å². The van der Waals surface area contributed by atoms with Crippen molar-refractivity contribution in [1.29, 1.82) is 0 Å². The Morgan fingerprint density at radius 3 is 1.88 bits per heavy atom. The van der Waals surface area contributed by atoms with Crippen LogP contribution in [0.5, 0.6) is 11.5 Å². The van der Waals surface area contributed by atoms with Gasteiger partial charge in [-0.2, -0.15) is 4.40 Å². The predicted octanol–water partition coefficient (Wildman–Crippen LogP) is 5.19. The second-order valence-electron chi connectivity index (χ2n) is 8.56. The summed E-state index contributed by atoms with van der Waals surface area (Å²) in [5.74, 6) is 2.41. The molecule has 0 amide bonds. The van der Waals surface area contributed by atoms with Gasteiger partial charge >= 0.3 is 0 Å². The minimum Gasteiger partial charge on any atom is -0.497 e. The highest BCUT2D eigenvalue weighted by Crippen LogP contribution is 2.24. The van der Waals surface area contributed by atoms with E-state index in [0.29, 0.717) is 13.1 Å². The SMILES string of the molecule is COc1ccc(CN(Cc2ccc(OC)cc2)c2ncccc2/C=N\[S@](=O)C(C)(C)C)cc1. The first kappa shape index (κ1) is 24.5. The van der Waals surface area contributed by atoms with Crippen molar-refractivity contribution in [3.8, 4) is 11.5 Å². The third-order valence-electron chi connectivity index (χ3n) is 4.99. The van der Waals surface area contributed by atoms with Crippen molar-refractivity contribution in [3.05, 3.63) is 83.6 Å². The van der Waals surface area contributed by atoms with Gasteiger partial charge in [-0.05, 0) is 68.3 Å². The standard InChI is InChI=1S/C26H31N3O3S/c1-26(2,3)33(30)28-17-22-7-6-16-27-25(22)29(18-20-8-12-23(31-4)13-9-20)19-21-10-14-24(32-5)15-11-21/h6-17H,18-19H2,1-5H3/b28-17-/t33-/m1/s1. The monoisotopic (exact) mass is 465 g/mol. The Balaban J connectivity index is 1.95. The first-order valence-corrected chi connectivity index (χ1v) is 11.8. The number of hydrogen-bond acceptors (Lipinski definition) is 5. The van der Waals surface area contributed by atoms with Crippen LogP contribution in [0.1, 0.15) is 37.5 Å². The molecule has 0 N–H and O–H groups in total.